The van der Waals surface area contributed by atoms with Crippen LogP contribution in [0, 0.1) is 10.1 Å². The van der Waals surface area contributed by atoms with Gasteiger partial charge in [0.25, 0.3) is 0 Å². The van der Waals surface area contributed by atoms with E-state index in [4.69, 9.17) is 0 Å². The number of rotatable bonds is 6. The van der Waals surface area contributed by atoms with Gasteiger partial charge in [0.05, 0.1) is 16.7 Å². The summed E-state index contributed by atoms with van der Waals surface area (Å²) in [6.07, 6.45) is 3.61. The van der Waals surface area contributed by atoms with E-state index in [9.17, 15) is 20.0 Å². The molecule has 2 aromatic heterocycles. The Morgan fingerprint density at radius 1 is 1.52 bits per heavy atom. The third kappa shape index (κ3) is 4.13. The molecular formula is C18H23N5O4. The van der Waals surface area contributed by atoms with Crippen LogP contribution < -0.4 is 0 Å². The summed E-state index contributed by atoms with van der Waals surface area (Å²) in [6, 6.07) is 2.73. The molecule has 0 fully saturated rings. The third-order valence-corrected chi connectivity index (χ3v) is 4.14. The van der Waals surface area contributed by atoms with E-state index < -0.39 is 22.6 Å². The predicted octanol–water partition coefficient (Wildman–Crippen LogP) is 3.79. The second-order valence-electron chi connectivity index (χ2n) is 7.09. The molecule has 2 rings (SSSR count). The molecule has 9 nitrogen and oxygen atoms in total. The van der Waals surface area contributed by atoms with Crippen molar-refractivity contribution in [3.05, 3.63) is 53.0 Å². The molecule has 144 valence electrons. The Kier molecular flexibility index (Phi) is 5.63. The van der Waals surface area contributed by atoms with Crippen LogP contribution in [0.1, 0.15) is 38.9 Å². The lowest BCUT2D eigenvalue weighted by molar-refractivity contribution is -0.384. The van der Waals surface area contributed by atoms with Gasteiger partial charge in [0.2, 0.25) is 0 Å². The van der Waals surface area contributed by atoms with Gasteiger partial charge in [0, 0.05) is 24.3 Å². The van der Waals surface area contributed by atoms with Crippen LogP contribution in [0.2, 0.25) is 0 Å². The van der Waals surface area contributed by atoms with Gasteiger partial charge in [-0.1, -0.05) is 6.08 Å². The summed E-state index contributed by atoms with van der Waals surface area (Å²) < 4.78 is 1.42. The Morgan fingerprint density at radius 2 is 2.19 bits per heavy atom. The molecule has 0 bridgehead atoms. The first-order valence-electron chi connectivity index (χ1n) is 8.33. The maximum Gasteiger partial charge on any atom is 0.408 e. The van der Waals surface area contributed by atoms with Crippen molar-refractivity contribution in [3.8, 4) is 11.3 Å². The van der Waals surface area contributed by atoms with Crippen molar-refractivity contribution in [2.24, 2.45) is 7.05 Å². The van der Waals surface area contributed by atoms with Gasteiger partial charge in [0.15, 0.2) is 0 Å². The average molecular weight is 373 g/mol. The number of carbonyl (C=O) groups is 1. The molecule has 0 aliphatic rings. The summed E-state index contributed by atoms with van der Waals surface area (Å²) in [5.74, 6) is 0. The van der Waals surface area contributed by atoms with Crippen molar-refractivity contribution >= 4 is 11.8 Å². The molecule has 0 unspecified atom stereocenters. The zero-order valence-corrected chi connectivity index (χ0v) is 15.8. The van der Waals surface area contributed by atoms with Crippen LogP contribution in [0.4, 0.5) is 10.5 Å². The van der Waals surface area contributed by atoms with E-state index in [2.05, 4.69) is 16.7 Å². The van der Waals surface area contributed by atoms with E-state index in [0.29, 0.717) is 23.4 Å². The SMILES string of the molecule is C=CC[C@@H](c1cc(-c2c([N+](=O)[O-])cnn2C)ccn1)N(C(=O)O)C(C)(C)C. The second kappa shape index (κ2) is 7.56. The molecular weight excluding hydrogens is 350 g/mol. The molecule has 27 heavy (non-hydrogen) atoms. The normalized spacial score (nSPS) is 12.4. The molecule has 0 aromatic carbocycles. The van der Waals surface area contributed by atoms with Crippen molar-refractivity contribution in [2.45, 2.75) is 38.8 Å². The van der Waals surface area contributed by atoms with E-state index >= 15 is 0 Å². The Morgan fingerprint density at radius 3 is 2.70 bits per heavy atom. The van der Waals surface area contributed by atoms with Crippen molar-refractivity contribution in [2.75, 3.05) is 0 Å². The summed E-state index contributed by atoms with van der Waals surface area (Å²) in [4.78, 5) is 28.4. The number of aryl methyl sites for hydroxylation is 1. The largest absolute Gasteiger partial charge is 0.465 e. The van der Waals surface area contributed by atoms with Crippen LogP contribution in [0.5, 0.6) is 0 Å². The van der Waals surface area contributed by atoms with Crippen LogP contribution in [0.25, 0.3) is 11.3 Å². The second-order valence-corrected chi connectivity index (χ2v) is 7.09. The highest BCUT2D eigenvalue weighted by molar-refractivity contribution is 5.70. The summed E-state index contributed by atoms with van der Waals surface area (Å²) in [5, 5.41) is 25.0. The van der Waals surface area contributed by atoms with Crippen molar-refractivity contribution < 1.29 is 14.8 Å². The Labute approximate surface area is 157 Å². The molecule has 0 saturated heterocycles. The van der Waals surface area contributed by atoms with Crippen LogP contribution in [0.3, 0.4) is 0 Å². The highest BCUT2D eigenvalue weighted by Crippen LogP contribution is 2.34. The standard InChI is InChI=1S/C18H23N5O4/c1-6-7-14(22(17(24)25)18(2,3)4)13-10-12(8-9-19-13)16-15(23(26)27)11-20-21(16)5/h6,8-11,14H,1,7H2,2-5H3,(H,24,25)/t14-/m0/s1. The van der Waals surface area contributed by atoms with E-state index in [0.717, 1.165) is 0 Å². The van der Waals surface area contributed by atoms with E-state index in [1.54, 1.807) is 46.0 Å². The highest BCUT2D eigenvalue weighted by atomic mass is 16.6. The smallest absolute Gasteiger partial charge is 0.408 e. The molecule has 1 amide bonds. The fourth-order valence-corrected chi connectivity index (χ4v) is 3.08. The number of pyridine rings is 1. The first kappa shape index (κ1) is 20.1. The van der Waals surface area contributed by atoms with Gasteiger partial charge in [-0.3, -0.25) is 24.7 Å². The van der Waals surface area contributed by atoms with Gasteiger partial charge in [0.1, 0.15) is 11.9 Å². The zero-order chi connectivity index (χ0) is 20.4. The van der Waals surface area contributed by atoms with Crippen molar-refractivity contribution in [3.63, 3.8) is 0 Å². The molecule has 9 heteroatoms. The van der Waals surface area contributed by atoms with E-state index in [1.807, 2.05) is 0 Å². The molecule has 2 heterocycles. The van der Waals surface area contributed by atoms with Crippen LogP contribution >= 0.6 is 0 Å². The molecule has 0 aliphatic heterocycles. The van der Waals surface area contributed by atoms with Crippen LogP contribution in [0.15, 0.2) is 37.2 Å². The maximum atomic E-state index is 11.9. The Hall–Kier alpha value is -3.23. The molecule has 1 atom stereocenters. The minimum absolute atomic E-state index is 0.124. The molecule has 0 saturated carbocycles. The van der Waals surface area contributed by atoms with Gasteiger partial charge >= 0.3 is 11.8 Å². The molecule has 0 spiro atoms. The maximum absolute atomic E-state index is 11.9. The lowest BCUT2D eigenvalue weighted by atomic mass is 9.98. The Balaban J connectivity index is 2.60. The minimum Gasteiger partial charge on any atom is -0.465 e. The lowest BCUT2D eigenvalue weighted by Gasteiger charge is -2.39. The number of hydrogen-bond donors (Lipinski definition) is 1. The minimum atomic E-state index is -1.08. The van der Waals surface area contributed by atoms with Crippen LogP contribution in [-0.4, -0.2) is 41.3 Å². The molecule has 2 aromatic rings. The molecule has 0 radical (unpaired) electrons. The highest BCUT2D eigenvalue weighted by Gasteiger charge is 2.34. The number of carboxylic acid groups (broad SMARTS) is 1. The number of aromatic nitrogens is 3. The van der Waals surface area contributed by atoms with E-state index in [-0.39, 0.29) is 5.69 Å². The van der Waals surface area contributed by atoms with Crippen LogP contribution in [-0.2, 0) is 7.05 Å². The fourth-order valence-electron chi connectivity index (χ4n) is 3.08. The van der Waals surface area contributed by atoms with Gasteiger partial charge in [-0.15, -0.1) is 6.58 Å². The van der Waals surface area contributed by atoms with E-state index in [1.165, 1.54) is 22.0 Å². The average Bonchev–Trinajstić information content (AvgIpc) is 2.95. The van der Waals surface area contributed by atoms with Crippen molar-refractivity contribution in [1.29, 1.82) is 0 Å². The number of nitro groups is 1. The van der Waals surface area contributed by atoms with Gasteiger partial charge in [-0.25, -0.2) is 4.79 Å². The third-order valence-electron chi connectivity index (χ3n) is 4.14. The molecule has 0 aliphatic carbocycles. The summed E-state index contributed by atoms with van der Waals surface area (Å²) in [6.45, 7) is 9.12. The monoisotopic (exact) mass is 373 g/mol. The lowest BCUT2D eigenvalue weighted by Crippen LogP contribution is -2.47. The predicted molar refractivity (Wildman–Crippen MR) is 100 cm³/mol. The zero-order valence-electron chi connectivity index (χ0n) is 15.8. The van der Waals surface area contributed by atoms with Gasteiger partial charge < -0.3 is 5.11 Å². The molecule has 1 N–H and O–H groups in total. The summed E-state index contributed by atoms with van der Waals surface area (Å²) >= 11 is 0. The van der Waals surface area contributed by atoms with Gasteiger partial charge in [-0.05, 0) is 39.3 Å². The number of nitrogens with zero attached hydrogens (tertiary/aromatic N) is 5. The summed E-state index contributed by atoms with van der Waals surface area (Å²) in [7, 11) is 1.61. The quantitative estimate of drug-likeness (QED) is 0.468. The first-order chi connectivity index (χ1) is 12.6. The van der Waals surface area contributed by atoms with Crippen molar-refractivity contribution in [1.82, 2.24) is 19.7 Å². The number of hydrogen-bond acceptors (Lipinski definition) is 5. The number of amides is 1. The fraction of sp³-hybridized carbons (Fsp3) is 0.389. The Bertz CT molecular complexity index is 869. The topological polar surface area (TPSA) is 114 Å². The first-order valence-corrected chi connectivity index (χ1v) is 8.33. The summed E-state index contributed by atoms with van der Waals surface area (Å²) in [5.41, 5.74) is 0.565. The van der Waals surface area contributed by atoms with Gasteiger partial charge in [-0.2, -0.15) is 5.10 Å².